The van der Waals surface area contributed by atoms with Crippen molar-refractivity contribution >= 4 is 22.9 Å². The fourth-order valence-electron chi connectivity index (χ4n) is 3.35. The number of benzene rings is 1. The Hall–Kier alpha value is -3.22. The van der Waals surface area contributed by atoms with Gasteiger partial charge < -0.3 is 9.80 Å². The zero-order valence-corrected chi connectivity index (χ0v) is 15.4. The Morgan fingerprint density at radius 1 is 1.04 bits per heavy atom. The van der Waals surface area contributed by atoms with Crippen LogP contribution in [0.5, 0.6) is 0 Å². The maximum absolute atomic E-state index is 12.7. The van der Waals surface area contributed by atoms with Gasteiger partial charge in [0.1, 0.15) is 5.52 Å². The van der Waals surface area contributed by atoms with Crippen molar-refractivity contribution < 1.29 is 4.79 Å². The molecule has 0 N–H and O–H groups in total. The first kappa shape index (κ1) is 17.2. The van der Waals surface area contributed by atoms with Gasteiger partial charge in [-0.25, -0.2) is 9.97 Å². The van der Waals surface area contributed by atoms with Crippen LogP contribution in [-0.4, -0.2) is 51.5 Å². The lowest BCUT2D eigenvalue weighted by Crippen LogP contribution is -2.50. The van der Waals surface area contributed by atoms with E-state index in [1.165, 1.54) is 4.57 Å². The van der Waals surface area contributed by atoms with Crippen molar-refractivity contribution in [3.8, 4) is 0 Å². The maximum atomic E-state index is 12.7. The molecule has 3 heterocycles. The van der Waals surface area contributed by atoms with E-state index in [0.29, 0.717) is 48.7 Å². The molecule has 0 radical (unpaired) electrons. The molecule has 27 heavy (non-hydrogen) atoms. The van der Waals surface area contributed by atoms with Gasteiger partial charge in [-0.05, 0) is 31.2 Å². The van der Waals surface area contributed by atoms with Gasteiger partial charge in [-0.2, -0.15) is 0 Å². The van der Waals surface area contributed by atoms with Crippen molar-refractivity contribution in [1.82, 2.24) is 19.4 Å². The first-order chi connectivity index (χ1) is 13.0. The largest absolute Gasteiger partial charge is 0.348 e. The quantitative estimate of drug-likeness (QED) is 0.692. The summed E-state index contributed by atoms with van der Waals surface area (Å²) in [6, 6.07) is 11.3. The van der Waals surface area contributed by atoms with Crippen LogP contribution in [0, 0.1) is 6.92 Å². The molecular weight excluding hydrogens is 342 g/mol. The summed E-state index contributed by atoms with van der Waals surface area (Å²) in [4.78, 5) is 37.9. The van der Waals surface area contributed by atoms with Gasteiger partial charge in [-0.15, -0.1) is 0 Å². The number of carbonyl (C=O) groups is 1. The molecule has 1 aliphatic rings. The number of anilines is 1. The van der Waals surface area contributed by atoms with E-state index in [-0.39, 0.29) is 11.5 Å². The Balaban J connectivity index is 1.53. The number of hydrogen-bond acceptors (Lipinski definition) is 5. The van der Waals surface area contributed by atoms with E-state index in [1.54, 1.807) is 13.2 Å². The monoisotopic (exact) mass is 363 g/mol. The molecule has 0 bridgehead atoms. The van der Waals surface area contributed by atoms with Crippen LogP contribution in [0.2, 0.25) is 0 Å². The molecule has 7 nitrogen and oxygen atoms in total. The normalized spacial score (nSPS) is 14.6. The highest BCUT2D eigenvalue weighted by atomic mass is 16.2. The van der Waals surface area contributed by atoms with Crippen molar-refractivity contribution in [2.24, 2.45) is 7.05 Å². The Morgan fingerprint density at radius 3 is 2.44 bits per heavy atom. The number of rotatable bonds is 2. The predicted octanol–water partition coefficient (Wildman–Crippen LogP) is 1.60. The van der Waals surface area contributed by atoms with Gasteiger partial charge in [-0.3, -0.25) is 14.2 Å². The fraction of sp³-hybridized carbons (Fsp3) is 0.300. The minimum Gasteiger partial charge on any atom is -0.348 e. The number of fused-ring (bicyclic) bond motifs is 1. The number of carbonyl (C=O) groups excluding carboxylic acids is 1. The van der Waals surface area contributed by atoms with Crippen molar-refractivity contribution in [3.63, 3.8) is 0 Å². The van der Waals surface area contributed by atoms with Gasteiger partial charge in [0, 0.05) is 45.0 Å². The van der Waals surface area contributed by atoms with Crippen LogP contribution >= 0.6 is 0 Å². The van der Waals surface area contributed by atoms with Crippen LogP contribution < -0.4 is 10.5 Å². The van der Waals surface area contributed by atoms with Gasteiger partial charge in [-0.1, -0.05) is 17.7 Å². The molecular formula is C20H21N5O2. The molecule has 1 amide bonds. The van der Waals surface area contributed by atoms with Crippen LogP contribution in [-0.2, 0) is 7.05 Å². The second-order valence-corrected chi connectivity index (χ2v) is 6.79. The molecule has 0 spiro atoms. The molecule has 7 heteroatoms. The number of piperazine rings is 1. The summed E-state index contributed by atoms with van der Waals surface area (Å²) >= 11 is 0. The van der Waals surface area contributed by atoms with Gasteiger partial charge in [0.25, 0.3) is 11.5 Å². The minimum absolute atomic E-state index is 0.0261. The first-order valence-corrected chi connectivity index (χ1v) is 8.97. The van der Waals surface area contributed by atoms with E-state index in [1.807, 2.05) is 53.1 Å². The third-order valence-corrected chi connectivity index (χ3v) is 4.97. The van der Waals surface area contributed by atoms with Crippen LogP contribution in [0.15, 0.2) is 47.4 Å². The van der Waals surface area contributed by atoms with Crippen molar-refractivity contribution in [1.29, 1.82) is 0 Å². The SMILES string of the molecule is Cc1ccc(C(=O)N2CCN(c3nc4cccnc4n(C)c3=O)CC2)cc1. The average Bonchev–Trinajstić information content (AvgIpc) is 2.71. The number of amides is 1. The number of aromatic nitrogens is 3. The van der Waals surface area contributed by atoms with Gasteiger partial charge in [0.15, 0.2) is 11.5 Å². The third kappa shape index (κ3) is 3.16. The Morgan fingerprint density at radius 2 is 1.74 bits per heavy atom. The topological polar surface area (TPSA) is 71.3 Å². The molecule has 1 aliphatic heterocycles. The summed E-state index contributed by atoms with van der Waals surface area (Å²) in [6.45, 7) is 4.27. The fourth-order valence-corrected chi connectivity index (χ4v) is 3.35. The molecule has 1 saturated heterocycles. The Kier molecular flexibility index (Phi) is 4.35. The lowest BCUT2D eigenvalue weighted by Gasteiger charge is -2.35. The van der Waals surface area contributed by atoms with Crippen LogP contribution in [0.25, 0.3) is 11.2 Å². The Labute approximate surface area is 156 Å². The van der Waals surface area contributed by atoms with E-state index >= 15 is 0 Å². The van der Waals surface area contributed by atoms with Crippen molar-refractivity contribution in [3.05, 3.63) is 64.1 Å². The molecule has 2 aromatic heterocycles. The van der Waals surface area contributed by atoms with E-state index in [4.69, 9.17) is 0 Å². The maximum Gasteiger partial charge on any atom is 0.294 e. The summed E-state index contributed by atoms with van der Waals surface area (Å²) < 4.78 is 1.53. The summed E-state index contributed by atoms with van der Waals surface area (Å²) in [5.74, 6) is 0.443. The van der Waals surface area contributed by atoms with Crippen molar-refractivity contribution in [2.45, 2.75) is 6.92 Å². The minimum atomic E-state index is -0.167. The standard InChI is InChI=1S/C20H21N5O2/c1-14-5-7-15(8-6-14)19(26)25-12-10-24(11-13-25)18-20(27)23(2)17-16(22-18)4-3-9-21-17/h3-9H,10-13H2,1-2H3. The van der Waals surface area contributed by atoms with Gasteiger partial charge in [0.2, 0.25) is 0 Å². The smallest absolute Gasteiger partial charge is 0.294 e. The summed E-state index contributed by atoms with van der Waals surface area (Å²) in [7, 11) is 1.71. The van der Waals surface area contributed by atoms with Crippen LogP contribution in [0.3, 0.4) is 0 Å². The average molecular weight is 363 g/mol. The predicted molar refractivity (Wildman–Crippen MR) is 104 cm³/mol. The van der Waals surface area contributed by atoms with Gasteiger partial charge >= 0.3 is 0 Å². The lowest BCUT2D eigenvalue weighted by molar-refractivity contribution is 0.0746. The van der Waals surface area contributed by atoms with E-state index < -0.39 is 0 Å². The molecule has 1 aromatic carbocycles. The Bertz CT molecular complexity index is 1050. The van der Waals surface area contributed by atoms with E-state index in [2.05, 4.69) is 9.97 Å². The number of aryl methyl sites for hydroxylation is 2. The summed E-state index contributed by atoms with van der Waals surface area (Å²) in [6.07, 6.45) is 1.65. The van der Waals surface area contributed by atoms with Gasteiger partial charge in [0.05, 0.1) is 0 Å². The molecule has 0 atom stereocenters. The number of nitrogens with zero attached hydrogens (tertiary/aromatic N) is 5. The molecule has 0 saturated carbocycles. The second-order valence-electron chi connectivity index (χ2n) is 6.79. The number of hydrogen-bond donors (Lipinski definition) is 0. The molecule has 4 rings (SSSR count). The summed E-state index contributed by atoms with van der Waals surface area (Å²) in [5, 5.41) is 0. The molecule has 0 unspecified atom stereocenters. The highest BCUT2D eigenvalue weighted by Crippen LogP contribution is 2.15. The molecule has 3 aromatic rings. The summed E-state index contributed by atoms with van der Waals surface area (Å²) in [5.41, 5.74) is 2.91. The van der Waals surface area contributed by atoms with Crippen LogP contribution in [0.4, 0.5) is 5.82 Å². The van der Waals surface area contributed by atoms with Crippen molar-refractivity contribution in [2.75, 3.05) is 31.1 Å². The van der Waals surface area contributed by atoms with E-state index in [0.717, 1.165) is 5.56 Å². The molecule has 138 valence electrons. The first-order valence-electron chi connectivity index (χ1n) is 8.97. The molecule has 0 aliphatic carbocycles. The lowest BCUT2D eigenvalue weighted by atomic mass is 10.1. The highest BCUT2D eigenvalue weighted by molar-refractivity contribution is 5.94. The van der Waals surface area contributed by atoms with E-state index in [9.17, 15) is 9.59 Å². The second kappa shape index (κ2) is 6.83. The van der Waals surface area contributed by atoms with Crippen LogP contribution in [0.1, 0.15) is 15.9 Å². The molecule has 1 fully saturated rings. The highest BCUT2D eigenvalue weighted by Gasteiger charge is 2.25. The third-order valence-electron chi connectivity index (χ3n) is 4.97. The number of pyridine rings is 1. The zero-order chi connectivity index (χ0) is 19.0. The zero-order valence-electron chi connectivity index (χ0n) is 15.4.